The number of aromatic nitrogens is 4. The molecule has 0 bridgehead atoms. The van der Waals surface area contributed by atoms with Gasteiger partial charge in [-0.15, -0.1) is 0 Å². The van der Waals surface area contributed by atoms with Crippen molar-refractivity contribution in [2.24, 2.45) is 5.92 Å². The highest BCUT2D eigenvalue weighted by molar-refractivity contribution is 5.77. The molecule has 2 aliphatic rings. The van der Waals surface area contributed by atoms with Crippen molar-refractivity contribution in [3.05, 3.63) is 66.3 Å². The first-order chi connectivity index (χ1) is 18.3. The van der Waals surface area contributed by atoms with Gasteiger partial charge in [0.2, 0.25) is 11.7 Å². The molecule has 9 nitrogen and oxygen atoms in total. The topological polar surface area (TPSA) is 110 Å². The van der Waals surface area contributed by atoms with Gasteiger partial charge in [0.25, 0.3) is 0 Å². The first-order valence-corrected chi connectivity index (χ1v) is 13.1. The summed E-state index contributed by atoms with van der Waals surface area (Å²) in [5.41, 5.74) is 2.33. The van der Waals surface area contributed by atoms with E-state index in [-0.39, 0.29) is 6.09 Å². The first-order valence-electron chi connectivity index (χ1n) is 13.1. The molecule has 1 amide bonds. The summed E-state index contributed by atoms with van der Waals surface area (Å²) >= 11 is 0. The van der Waals surface area contributed by atoms with E-state index in [1.165, 1.54) is 0 Å². The molecule has 4 aromatic rings. The summed E-state index contributed by atoms with van der Waals surface area (Å²) in [5, 5.41) is 13.5. The number of ether oxygens (including phenoxy) is 1. The zero-order chi connectivity index (χ0) is 26.3. The average molecular weight is 511 g/mol. The third kappa shape index (κ3) is 4.51. The van der Waals surface area contributed by atoms with Crippen LogP contribution in [0.15, 0.2) is 59.4 Å². The molecule has 1 saturated carbocycles. The van der Waals surface area contributed by atoms with Crippen LogP contribution < -0.4 is 0 Å². The first kappa shape index (κ1) is 24.2. The Kier molecular flexibility index (Phi) is 5.90. The van der Waals surface area contributed by atoms with E-state index in [0.717, 1.165) is 48.8 Å². The number of hydrogen-bond donors (Lipinski definition) is 0. The summed E-state index contributed by atoms with van der Waals surface area (Å²) in [7, 11) is 0. The largest absolute Gasteiger partial charge is 0.441 e. The van der Waals surface area contributed by atoms with Crippen LogP contribution in [0.2, 0.25) is 0 Å². The SMILES string of the molecule is CC(C)(CN1C[C@@]2(CCC[C@H](Cn3cnc4ccc(C#N)cc43)C2)OC1=O)c1nc(-c2ccccc2)no1. The van der Waals surface area contributed by atoms with Crippen LogP contribution >= 0.6 is 0 Å². The van der Waals surface area contributed by atoms with Crippen LogP contribution in [0, 0.1) is 17.2 Å². The number of amides is 1. The molecule has 38 heavy (non-hydrogen) atoms. The number of imidazole rings is 1. The average Bonchev–Trinajstić information content (AvgIpc) is 3.63. The molecule has 1 aliphatic carbocycles. The third-order valence-electron chi connectivity index (χ3n) is 7.77. The number of carbonyl (C=O) groups is 1. The molecular weight excluding hydrogens is 480 g/mol. The molecule has 2 aromatic heterocycles. The molecule has 0 radical (unpaired) electrons. The molecule has 3 heterocycles. The van der Waals surface area contributed by atoms with Gasteiger partial charge in [-0.25, -0.2) is 9.78 Å². The molecule has 1 aliphatic heterocycles. The van der Waals surface area contributed by atoms with Gasteiger partial charge < -0.3 is 18.7 Å². The predicted octanol–water partition coefficient (Wildman–Crippen LogP) is 5.32. The number of hydrogen-bond acceptors (Lipinski definition) is 7. The van der Waals surface area contributed by atoms with E-state index in [1.54, 1.807) is 11.0 Å². The van der Waals surface area contributed by atoms with Gasteiger partial charge in [-0.2, -0.15) is 10.2 Å². The van der Waals surface area contributed by atoms with Gasteiger partial charge in [-0.1, -0.05) is 35.5 Å². The highest BCUT2D eigenvalue weighted by Gasteiger charge is 2.49. The molecule has 2 fully saturated rings. The fourth-order valence-corrected chi connectivity index (χ4v) is 5.95. The van der Waals surface area contributed by atoms with E-state index < -0.39 is 11.0 Å². The number of rotatable bonds is 6. The van der Waals surface area contributed by atoms with Gasteiger partial charge in [0.05, 0.1) is 41.0 Å². The molecule has 194 valence electrons. The van der Waals surface area contributed by atoms with Crippen LogP contribution in [0.5, 0.6) is 0 Å². The second kappa shape index (κ2) is 9.28. The summed E-state index contributed by atoms with van der Waals surface area (Å²) in [5.74, 6) is 1.38. The van der Waals surface area contributed by atoms with Crippen molar-refractivity contribution < 1.29 is 14.1 Å². The summed E-state index contributed by atoms with van der Waals surface area (Å²) in [4.78, 5) is 24.0. The number of fused-ring (bicyclic) bond motifs is 1. The summed E-state index contributed by atoms with van der Waals surface area (Å²) < 4.78 is 13.8. The van der Waals surface area contributed by atoms with E-state index in [2.05, 4.69) is 25.8 Å². The van der Waals surface area contributed by atoms with E-state index in [1.807, 2.05) is 62.6 Å². The van der Waals surface area contributed by atoms with E-state index in [9.17, 15) is 10.1 Å². The molecule has 1 spiro atoms. The molecule has 1 saturated heterocycles. The molecule has 0 unspecified atom stereocenters. The van der Waals surface area contributed by atoms with Crippen molar-refractivity contribution in [3.8, 4) is 17.5 Å². The standard InChI is InChI=1S/C29H30N6O3/c1-28(2,26-32-25(33-38-26)22-8-4-3-5-9-22)17-35-18-29(37-27(35)36)12-6-7-21(14-29)16-34-19-31-23-11-10-20(15-30)13-24(23)34/h3-5,8-11,13,19,21H,6-7,12,14,16-18H2,1-2H3/t21-,29-/m0/s1. The highest BCUT2D eigenvalue weighted by Crippen LogP contribution is 2.41. The summed E-state index contributed by atoms with van der Waals surface area (Å²) in [6, 6.07) is 17.5. The quantitative estimate of drug-likeness (QED) is 0.345. The predicted molar refractivity (Wildman–Crippen MR) is 140 cm³/mol. The Morgan fingerprint density at radius 2 is 2.05 bits per heavy atom. The maximum absolute atomic E-state index is 13.0. The Morgan fingerprint density at radius 1 is 1.21 bits per heavy atom. The number of carbonyl (C=O) groups excluding carboxylic acids is 1. The number of nitrogens with zero attached hydrogens (tertiary/aromatic N) is 6. The lowest BCUT2D eigenvalue weighted by Crippen LogP contribution is -2.43. The maximum Gasteiger partial charge on any atom is 0.410 e. The van der Waals surface area contributed by atoms with Gasteiger partial charge in [0.1, 0.15) is 5.60 Å². The third-order valence-corrected chi connectivity index (χ3v) is 7.77. The summed E-state index contributed by atoms with van der Waals surface area (Å²) in [6.07, 6.45) is 5.27. The minimum absolute atomic E-state index is 0.284. The Morgan fingerprint density at radius 3 is 2.87 bits per heavy atom. The molecule has 6 rings (SSSR count). The lowest BCUT2D eigenvalue weighted by molar-refractivity contribution is 0.00413. The van der Waals surface area contributed by atoms with Gasteiger partial charge >= 0.3 is 6.09 Å². The van der Waals surface area contributed by atoms with Gasteiger partial charge in [-0.05, 0) is 63.6 Å². The van der Waals surface area contributed by atoms with E-state index >= 15 is 0 Å². The van der Waals surface area contributed by atoms with Crippen LogP contribution in [0.1, 0.15) is 51.0 Å². The van der Waals surface area contributed by atoms with Crippen molar-refractivity contribution in [1.29, 1.82) is 5.26 Å². The second-order valence-electron chi connectivity index (χ2n) is 11.3. The fourth-order valence-electron chi connectivity index (χ4n) is 5.95. The van der Waals surface area contributed by atoms with Gasteiger partial charge in [0.15, 0.2) is 0 Å². The Bertz CT molecular complexity index is 1520. The van der Waals surface area contributed by atoms with Crippen LogP contribution in [-0.2, 0) is 16.7 Å². The molecular formula is C29H30N6O3. The minimum atomic E-state index is -0.535. The normalized spacial score (nSPS) is 21.7. The van der Waals surface area contributed by atoms with Crippen molar-refractivity contribution in [2.75, 3.05) is 13.1 Å². The smallest absolute Gasteiger partial charge is 0.410 e. The monoisotopic (exact) mass is 510 g/mol. The Hall–Kier alpha value is -4.19. The summed E-state index contributed by atoms with van der Waals surface area (Å²) in [6.45, 7) is 5.78. The lowest BCUT2D eigenvalue weighted by atomic mass is 9.77. The number of benzene rings is 2. The molecule has 9 heteroatoms. The Balaban J connectivity index is 1.14. The van der Waals surface area contributed by atoms with E-state index in [4.69, 9.17) is 9.26 Å². The van der Waals surface area contributed by atoms with Crippen molar-refractivity contribution in [2.45, 2.75) is 57.1 Å². The van der Waals surface area contributed by atoms with Crippen molar-refractivity contribution in [3.63, 3.8) is 0 Å². The second-order valence-corrected chi connectivity index (χ2v) is 11.3. The van der Waals surface area contributed by atoms with Gasteiger partial charge in [-0.3, -0.25) is 0 Å². The van der Waals surface area contributed by atoms with Crippen LogP contribution in [-0.4, -0.2) is 49.4 Å². The van der Waals surface area contributed by atoms with Crippen molar-refractivity contribution in [1.82, 2.24) is 24.6 Å². The van der Waals surface area contributed by atoms with Crippen LogP contribution in [0.3, 0.4) is 0 Å². The van der Waals surface area contributed by atoms with E-state index in [0.29, 0.717) is 36.3 Å². The zero-order valence-corrected chi connectivity index (χ0v) is 21.6. The Labute approximate surface area is 221 Å². The van der Waals surface area contributed by atoms with Gasteiger partial charge in [0, 0.05) is 18.7 Å². The van der Waals surface area contributed by atoms with Crippen molar-refractivity contribution >= 4 is 17.1 Å². The highest BCUT2D eigenvalue weighted by atomic mass is 16.6. The molecule has 2 aromatic carbocycles. The number of nitriles is 1. The van der Waals surface area contributed by atoms with Crippen LogP contribution in [0.4, 0.5) is 4.79 Å². The zero-order valence-electron chi connectivity index (χ0n) is 21.6. The molecule has 2 atom stereocenters. The molecule has 0 N–H and O–H groups in total. The lowest BCUT2D eigenvalue weighted by Gasteiger charge is -2.36. The maximum atomic E-state index is 13.0. The minimum Gasteiger partial charge on any atom is -0.441 e. The fraction of sp³-hybridized carbons (Fsp3) is 0.414. The van der Waals surface area contributed by atoms with Crippen LogP contribution in [0.25, 0.3) is 22.4 Å².